The first-order valence-corrected chi connectivity index (χ1v) is 8.83. The molecule has 1 heterocycles. The Kier molecular flexibility index (Phi) is 3.95. The number of benzene rings is 1. The van der Waals surface area contributed by atoms with Crippen LogP contribution >= 0.6 is 23.2 Å². The minimum Gasteiger partial charge on any atom is -0.393 e. The van der Waals surface area contributed by atoms with Gasteiger partial charge in [-0.3, -0.25) is 0 Å². The molecule has 8 heteroatoms. The number of rotatable bonds is 2. The molecule has 3 rings (SSSR count). The molecule has 0 amide bonds. The molecule has 3 atom stereocenters. The number of nitrogens with zero attached hydrogens (tertiary/aromatic N) is 1. The first-order valence-electron chi connectivity index (χ1n) is 6.64. The molecule has 1 aliphatic heterocycles. The van der Waals surface area contributed by atoms with Crippen LogP contribution in [0.1, 0.15) is 12.8 Å². The van der Waals surface area contributed by atoms with E-state index in [-0.39, 0.29) is 28.3 Å². The topological polar surface area (TPSA) is 57.6 Å². The van der Waals surface area contributed by atoms with Crippen LogP contribution < -0.4 is 0 Å². The van der Waals surface area contributed by atoms with Gasteiger partial charge in [0.2, 0.25) is 10.0 Å². The molecular weight excluding hydrogens is 340 g/mol. The highest BCUT2D eigenvalue weighted by atomic mass is 35.5. The Bertz CT molecular complexity index is 682. The van der Waals surface area contributed by atoms with Gasteiger partial charge < -0.3 is 5.11 Å². The number of hydrogen-bond donors (Lipinski definition) is 1. The van der Waals surface area contributed by atoms with Crippen molar-refractivity contribution in [3.8, 4) is 0 Å². The molecular formula is C13H14Cl2FNO3S. The first kappa shape index (κ1) is 15.5. The molecule has 3 unspecified atom stereocenters. The lowest BCUT2D eigenvalue weighted by molar-refractivity contribution is 0.129. The van der Waals surface area contributed by atoms with E-state index < -0.39 is 27.0 Å². The third kappa shape index (κ3) is 2.47. The highest BCUT2D eigenvalue weighted by molar-refractivity contribution is 7.89. The Morgan fingerprint density at radius 2 is 1.95 bits per heavy atom. The van der Waals surface area contributed by atoms with Gasteiger partial charge in [-0.1, -0.05) is 23.2 Å². The highest BCUT2D eigenvalue weighted by Gasteiger charge is 2.46. The summed E-state index contributed by atoms with van der Waals surface area (Å²) in [7, 11) is -3.88. The summed E-state index contributed by atoms with van der Waals surface area (Å²) in [6.45, 7) is 0.583. The van der Waals surface area contributed by atoms with Crippen molar-refractivity contribution in [2.24, 2.45) is 11.8 Å². The van der Waals surface area contributed by atoms with Crippen LogP contribution in [0.2, 0.25) is 10.0 Å². The zero-order chi connectivity index (χ0) is 15.4. The summed E-state index contributed by atoms with van der Waals surface area (Å²) in [6.07, 6.45) is 1.05. The minimum atomic E-state index is -3.88. The molecule has 0 aromatic heterocycles. The van der Waals surface area contributed by atoms with Crippen molar-refractivity contribution in [3.05, 3.63) is 28.0 Å². The molecule has 21 heavy (non-hydrogen) atoms. The maximum Gasteiger partial charge on any atom is 0.244 e. The molecule has 1 aliphatic carbocycles. The largest absolute Gasteiger partial charge is 0.393 e. The number of halogens is 3. The van der Waals surface area contributed by atoms with Crippen molar-refractivity contribution in [1.82, 2.24) is 4.31 Å². The predicted molar refractivity (Wildman–Crippen MR) is 77.4 cm³/mol. The molecule has 4 nitrogen and oxygen atoms in total. The first-order chi connectivity index (χ1) is 9.82. The summed E-state index contributed by atoms with van der Waals surface area (Å²) >= 11 is 11.4. The lowest BCUT2D eigenvalue weighted by Crippen LogP contribution is -2.31. The molecule has 1 N–H and O–H groups in total. The highest BCUT2D eigenvalue weighted by Crippen LogP contribution is 2.41. The van der Waals surface area contributed by atoms with Crippen LogP contribution in [0, 0.1) is 17.7 Å². The Balaban J connectivity index is 1.94. The number of hydrogen-bond acceptors (Lipinski definition) is 3. The van der Waals surface area contributed by atoms with Gasteiger partial charge in [0, 0.05) is 19.0 Å². The van der Waals surface area contributed by atoms with Gasteiger partial charge in [-0.2, -0.15) is 4.31 Å². The molecule has 0 spiro atoms. The van der Waals surface area contributed by atoms with Crippen LogP contribution in [0.5, 0.6) is 0 Å². The molecule has 1 saturated heterocycles. The van der Waals surface area contributed by atoms with Crippen molar-refractivity contribution >= 4 is 33.2 Å². The van der Waals surface area contributed by atoms with Crippen LogP contribution in [0.3, 0.4) is 0 Å². The van der Waals surface area contributed by atoms with E-state index in [4.69, 9.17) is 23.2 Å². The zero-order valence-electron chi connectivity index (χ0n) is 11.0. The summed E-state index contributed by atoms with van der Waals surface area (Å²) in [5.41, 5.74) is 0. The standard InChI is InChI=1S/C13H14Cl2FNO3S/c14-9-2-4-11(12(15)13(9)16)21(19,20)17-5-7-1-3-10(18)8(7)6-17/h2,4,7-8,10,18H,1,3,5-6H2. The Morgan fingerprint density at radius 3 is 2.62 bits per heavy atom. The average Bonchev–Trinajstić information content (AvgIpc) is 2.99. The molecule has 1 aromatic carbocycles. The summed E-state index contributed by atoms with van der Waals surface area (Å²) in [4.78, 5) is -0.277. The lowest BCUT2D eigenvalue weighted by atomic mass is 10.00. The van der Waals surface area contributed by atoms with Gasteiger partial charge in [-0.25, -0.2) is 12.8 Å². The number of aliphatic hydroxyl groups is 1. The van der Waals surface area contributed by atoms with Gasteiger partial charge in [0.1, 0.15) is 4.90 Å². The quantitative estimate of drug-likeness (QED) is 0.831. The van der Waals surface area contributed by atoms with E-state index in [2.05, 4.69) is 0 Å². The van der Waals surface area contributed by atoms with Gasteiger partial charge in [-0.05, 0) is 30.9 Å². The van der Waals surface area contributed by atoms with Gasteiger partial charge in [-0.15, -0.1) is 0 Å². The van der Waals surface area contributed by atoms with E-state index in [1.54, 1.807) is 0 Å². The molecule has 0 bridgehead atoms. The van der Waals surface area contributed by atoms with Crippen molar-refractivity contribution in [3.63, 3.8) is 0 Å². The average molecular weight is 354 g/mol. The second kappa shape index (κ2) is 5.35. The lowest BCUT2D eigenvalue weighted by Gasteiger charge is -2.19. The zero-order valence-corrected chi connectivity index (χ0v) is 13.3. The Morgan fingerprint density at radius 1 is 1.24 bits per heavy atom. The van der Waals surface area contributed by atoms with Crippen LogP contribution in [0.25, 0.3) is 0 Å². The number of sulfonamides is 1. The van der Waals surface area contributed by atoms with Crippen LogP contribution in [0.15, 0.2) is 17.0 Å². The predicted octanol–water partition coefficient (Wildman–Crippen LogP) is 2.52. The van der Waals surface area contributed by atoms with Crippen molar-refractivity contribution in [2.45, 2.75) is 23.8 Å². The van der Waals surface area contributed by atoms with Crippen LogP contribution in [0.4, 0.5) is 4.39 Å². The Labute approximate surface area is 132 Å². The van der Waals surface area contributed by atoms with E-state index in [1.807, 2.05) is 0 Å². The van der Waals surface area contributed by atoms with Gasteiger partial charge >= 0.3 is 0 Å². The molecule has 1 saturated carbocycles. The van der Waals surface area contributed by atoms with Gasteiger partial charge in [0.05, 0.1) is 16.1 Å². The fourth-order valence-electron chi connectivity index (χ4n) is 3.24. The van der Waals surface area contributed by atoms with E-state index in [0.29, 0.717) is 13.0 Å². The maximum atomic E-state index is 13.7. The fourth-order valence-corrected chi connectivity index (χ4v) is 5.49. The molecule has 2 fully saturated rings. The molecule has 116 valence electrons. The summed E-state index contributed by atoms with van der Waals surface area (Å²) in [5, 5.41) is 9.16. The van der Waals surface area contributed by atoms with E-state index in [0.717, 1.165) is 6.42 Å². The summed E-state index contributed by atoms with van der Waals surface area (Å²) < 4.78 is 40.2. The van der Waals surface area contributed by atoms with Gasteiger partial charge in [0.25, 0.3) is 0 Å². The van der Waals surface area contributed by atoms with Crippen LogP contribution in [-0.4, -0.2) is 37.0 Å². The maximum absolute atomic E-state index is 13.7. The van der Waals surface area contributed by atoms with E-state index in [1.165, 1.54) is 16.4 Å². The fraction of sp³-hybridized carbons (Fsp3) is 0.538. The van der Waals surface area contributed by atoms with E-state index >= 15 is 0 Å². The summed E-state index contributed by atoms with van der Waals surface area (Å²) in [6, 6.07) is 2.40. The SMILES string of the molecule is O=S(=O)(c1ccc(Cl)c(F)c1Cl)N1CC2CCC(O)C2C1. The molecule has 1 aromatic rings. The minimum absolute atomic E-state index is 0.0457. The second-order valence-electron chi connectivity index (χ2n) is 5.56. The third-order valence-corrected chi connectivity index (χ3v) is 7.05. The molecule has 0 radical (unpaired) electrons. The normalized spacial score (nSPS) is 29.8. The van der Waals surface area contributed by atoms with Crippen molar-refractivity contribution in [1.29, 1.82) is 0 Å². The van der Waals surface area contributed by atoms with Crippen molar-refractivity contribution < 1.29 is 17.9 Å². The van der Waals surface area contributed by atoms with Gasteiger partial charge in [0.15, 0.2) is 5.82 Å². The smallest absolute Gasteiger partial charge is 0.244 e. The summed E-state index contributed by atoms with van der Waals surface area (Å²) in [5.74, 6) is -0.819. The van der Waals surface area contributed by atoms with Crippen molar-refractivity contribution in [2.75, 3.05) is 13.1 Å². The Hall–Kier alpha value is -0.400. The monoisotopic (exact) mass is 353 g/mol. The number of aliphatic hydroxyl groups excluding tert-OH is 1. The molecule has 2 aliphatic rings. The second-order valence-corrected chi connectivity index (χ2v) is 8.26. The number of fused-ring (bicyclic) bond motifs is 1. The third-order valence-electron chi connectivity index (χ3n) is 4.40. The van der Waals surface area contributed by atoms with E-state index in [9.17, 15) is 17.9 Å². The van der Waals surface area contributed by atoms with Crippen LogP contribution in [-0.2, 0) is 10.0 Å².